The molecule has 0 unspecified atom stereocenters. The molecule has 148 valence electrons. The molecule has 28 heavy (non-hydrogen) atoms. The third-order valence-corrected chi connectivity index (χ3v) is 5.46. The third kappa shape index (κ3) is 3.42. The highest BCUT2D eigenvalue weighted by Gasteiger charge is 2.42. The lowest BCUT2D eigenvalue weighted by Gasteiger charge is -2.45. The van der Waals surface area contributed by atoms with Crippen molar-refractivity contribution in [3.63, 3.8) is 0 Å². The predicted octanol–water partition coefficient (Wildman–Crippen LogP) is 2.42. The Bertz CT molecular complexity index is 907. The molecule has 0 radical (unpaired) electrons. The maximum absolute atomic E-state index is 6.27. The lowest BCUT2D eigenvalue weighted by molar-refractivity contribution is 0.302. The first kappa shape index (κ1) is 18.3. The number of guanidine groups is 2. The standard InChI is InChI=1S/C20H27N7O/c1-14-15(12-26(2)25-14)13-28-17-8-6-16(7-9-17)27-19(22)23-18(21)24-20(27)10-4-3-5-11-20/h6-9,12H,3-5,10-11,13H2,1-2H3,(H4,21,22,23,24). The van der Waals surface area contributed by atoms with Crippen LogP contribution in [-0.4, -0.2) is 27.4 Å². The molecular formula is C20H27N7O. The molecule has 2 aromatic rings. The zero-order valence-corrected chi connectivity index (χ0v) is 16.4. The van der Waals surface area contributed by atoms with E-state index in [1.165, 1.54) is 6.42 Å². The first-order valence-corrected chi connectivity index (χ1v) is 9.69. The van der Waals surface area contributed by atoms with Crippen LogP contribution in [0.15, 0.2) is 40.4 Å². The van der Waals surface area contributed by atoms with E-state index in [-0.39, 0.29) is 5.96 Å². The van der Waals surface area contributed by atoms with Crippen molar-refractivity contribution in [3.8, 4) is 5.75 Å². The molecular weight excluding hydrogens is 354 g/mol. The zero-order valence-electron chi connectivity index (χ0n) is 16.4. The van der Waals surface area contributed by atoms with Crippen LogP contribution in [0, 0.1) is 6.92 Å². The Morgan fingerprint density at radius 3 is 2.46 bits per heavy atom. The molecule has 0 bridgehead atoms. The van der Waals surface area contributed by atoms with Gasteiger partial charge in [-0.2, -0.15) is 10.1 Å². The maximum Gasteiger partial charge on any atom is 0.220 e. The van der Waals surface area contributed by atoms with E-state index in [2.05, 4.69) is 10.1 Å². The van der Waals surface area contributed by atoms with E-state index in [0.29, 0.717) is 12.6 Å². The van der Waals surface area contributed by atoms with Gasteiger partial charge in [-0.25, -0.2) is 4.99 Å². The zero-order chi connectivity index (χ0) is 19.7. The first-order chi connectivity index (χ1) is 13.5. The average Bonchev–Trinajstić information content (AvgIpc) is 2.98. The van der Waals surface area contributed by atoms with Crippen LogP contribution in [0.25, 0.3) is 0 Å². The van der Waals surface area contributed by atoms with Gasteiger partial charge in [0, 0.05) is 24.5 Å². The molecule has 1 fully saturated rings. The van der Waals surface area contributed by atoms with Gasteiger partial charge < -0.3 is 16.2 Å². The number of ether oxygens (including phenoxy) is 1. The van der Waals surface area contributed by atoms with Gasteiger partial charge in [-0.05, 0) is 56.9 Å². The molecule has 8 nitrogen and oxygen atoms in total. The van der Waals surface area contributed by atoms with Gasteiger partial charge in [0.05, 0.1) is 5.69 Å². The summed E-state index contributed by atoms with van der Waals surface area (Å²) in [4.78, 5) is 10.9. The highest BCUT2D eigenvalue weighted by molar-refractivity contribution is 6.05. The molecule has 0 atom stereocenters. The van der Waals surface area contributed by atoms with Crippen LogP contribution in [0.1, 0.15) is 43.4 Å². The topological polar surface area (TPSA) is 107 Å². The van der Waals surface area contributed by atoms with Gasteiger partial charge >= 0.3 is 0 Å². The smallest absolute Gasteiger partial charge is 0.220 e. The van der Waals surface area contributed by atoms with E-state index < -0.39 is 5.66 Å². The lowest BCUT2D eigenvalue weighted by Crippen LogP contribution is -2.58. The van der Waals surface area contributed by atoms with Crippen molar-refractivity contribution in [2.24, 2.45) is 28.5 Å². The van der Waals surface area contributed by atoms with Crippen LogP contribution in [-0.2, 0) is 13.7 Å². The van der Waals surface area contributed by atoms with E-state index >= 15 is 0 Å². The Kier molecular flexibility index (Phi) is 4.70. The fourth-order valence-corrected chi connectivity index (χ4v) is 4.14. The van der Waals surface area contributed by atoms with Crippen LogP contribution >= 0.6 is 0 Å². The van der Waals surface area contributed by atoms with Crippen LogP contribution < -0.4 is 21.1 Å². The summed E-state index contributed by atoms with van der Waals surface area (Å²) >= 11 is 0. The summed E-state index contributed by atoms with van der Waals surface area (Å²) in [6.07, 6.45) is 7.23. The summed E-state index contributed by atoms with van der Waals surface area (Å²) in [6, 6.07) is 7.90. The summed E-state index contributed by atoms with van der Waals surface area (Å²) < 4.78 is 7.73. The van der Waals surface area contributed by atoms with E-state index in [4.69, 9.17) is 21.2 Å². The quantitative estimate of drug-likeness (QED) is 0.846. The Morgan fingerprint density at radius 1 is 1.11 bits per heavy atom. The Hall–Kier alpha value is -3.03. The Balaban J connectivity index is 1.53. The van der Waals surface area contributed by atoms with Crippen molar-refractivity contribution < 1.29 is 4.74 Å². The van der Waals surface area contributed by atoms with Crippen molar-refractivity contribution in [1.29, 1.82) is 0 Å². The molecule has 1 aromatic heterocycles. The molecule has 1 aliphatic carbocycles. The summed E-state index contributed by atoms with van der Waals surface area (Å²) in [5.74, 6) is 1.46. The molecule has 1 spiro atoms. The van der Waals surface area contributed by atoms with Crippen LogP contribution in [0.2, 0.25) is 0 Å². The molecule has 0 amide bonds. The molecule has 1 aromatic carbocycles. The van der Waals surface area contributed by atoms with E-state index in [0.717, 1.165) is 48.4 Å². The number of nitrogens with zero attached hydrogens (tertiary/aromatic N) is 5. The number of rotatable bonds is 4. The molecule has 2 aliphatic rings. The summed E-state index contributed by atoms with van der Waals surface area (Å²) in [5, 5.41) is 4.34. The van der Waals surface area contributed by atoms with Gasteiger partial charge in [-0.1, -0.05) is 6.42 Å². The van der Waals surface area contributed by atoms with E-state index in [1.807, 2.05) is 49.3 Å². The van der Waals surface area contributed by atoms with E-state index in [1.54, 1.807) is 4.68 Å². The number of hydrogen-bond acceptors (Lipinski definition) is 7. The van der Waals surface area contributed by atoms with Crippen molar-refractivity contribution >= 4 is 17.6 Å². The molecule has 4 N–H and O–H groups in total. The fourth-order valence-electron chi connectivity index (χ4n) is 4.14. The van der Waals surface area contributed by atoms with Gasteiger partial charge in [0.2, 0.25) is 11.9 Å². The molecule has 4 rings (SSSR count). The fraction of sp³-hybridized carbons (Fsp3) is 0.450. The highest BCUT2D eigenvalue weighted by atomic mass is 16.5. The number of benzene rings is 1. The van der Waals surface area contributed by atoms with Gasteiger partial charge in [0.15, 0.2) is 0 Å². The molecule has 0 saturated heterocycles. The minimum absolute atomic E-state index is 0.266. The second-order valence-electron chi connectivity index (χ2n) is 7.51. The SMILES string of the molecule is Cc1nn(C)cc1COc1ccc(N2C(N)=NC(N)=NC23CCCCC3)cc1. The highest BCUT2D eigenvalue weighted by Crippen LogP contribution is 2.39. The monoisotopic (exact) mass is 381 g/mol. The number of aliphatic imine (C=N–C) groups is 2. The second-order valence-corrected chi connectivity index (χ2v) is 7.51. The Labute approximate surface area is 164 Å². The van der Waals surface area contributed by atoms with Gasteiger partial charge in [-0.3, -0.25) is 9.58 Å². The molecule has 2 heterocycles. The van der Waals surface area contributed by atoms with Crippen molar-refractivity contribution in [3.05, 3.63) is 41.7 Å². The summed E-state index contributed by atoms with van der Waals surface area (Å²) in [6.45, 7) is 2.47. The lowest BCUT2D eigenvalue weighted by atomic mass is 9.87. The summed E-state index contributed by atoms with van der Waals surface area (Å²) in [7, 11) is 1.91. The molecule has 8 heteroatoms. The van der Waals surface area contributed by atoms with Crippen molar-refractivity contribution in [1.82, 2.24) is 9.78 Å². The van der Waals surface area contributed by atoms with Gasteiger partial charge in [0.1, 0.15) is 18.0 Å². The number of hydrogen-bond donors (Lipinski definition) is 2. The van der Waals surface area contributed by atoms with Crippen molar-refractivity contribution in [2.75, 3.05) is 4.90 Å². The molecule has 1 aliphatic heterocycles. The normalized spacial score (nSPS) is 18.7. The summed E-state index contributed by atoms with van der Waals surface area (Å²) in [5.41, 5.74) is 14.8. The predicted molar refractivity (Wildman–Crippen MR) is 110 cm³/mol. The van der Waals surface area contributed by atoms with Crippen LogP contribution in [0.3, 0.4) is 0 Å². The average molecular weight is 381 g/mol. The largest absolute Gasteiger partial charge is 0.489 e. The van der Waals surface area contributed by atoms with Gasteiger partial charge in [-0.15, -0.1) is 0 Å². The minimum atomic E-state index is -0.427. The number of anilines is 1. The molecule has 1 saturated carbocycles. The van der Waals surface area contributed by atoms with E-state index in [9.17, 15) is 0 Å². The van der Waals surface area contributed by atoms with Crippen LogP contribution in [0.5, 0.6) is 5.75 Å². The second kappa shape index (κ2) is 7.18. The van der Waals surface area contributed by atoms with Gasteiger partial charge in [0.25, 0.3) is 0 Å². The van der Waals surface area contributed by atoms with Crippen molar-refractivity contribution in [2.45, 2.75) is 51.3 Å². The Morgan fingerprint density at radius 2 is 1.82 bits per heavy atom. The number of aromatic nitrogens is 2. The number of nitrogens with two attached hydrogens (primary N) is 2. The maximum atomic E-state index is 6.27. The minimum Gasteiger partial charge on any atom is -0.489 e. The van der Waals surface area contributed by atoms with Crippen LogP contribution in [0.4, 0.5) is 5.69 Å². The third-order valence-electron chi connectivity index (χ3n) is 5.46. The number of aryl methyl sites for hydroxylation is 2. The first-order valence-electron chi connectivity index (χ1n) is 9.69.